The van der Waals surface area contributed by atoms with Crippen LogP contribution in [0.2, 0.25) is 0 Å². The van der Waals surface area contributed by atoms with Crippen molar-refractivity contribution in [3.05, 3.63) is 83.1 Å². The van der Waals surface area contributed by atoms with Crippen molar-refractivity contribution in [2.24, 2.45) is 0 Å². The first kappa shape index (κ1) is 23.6. The summed E-state index contributed by atoms with van der Waals surface area (Å²) >= 11 is 0. The highest BCUT2D eigenvalue weighted by atomic mass is 32.2. The van der Waals surface area contributed by atoms with E-state index in [0.717, 1.165) is 28.0 Å². The largest absolute Gasteiger partial charge is 0.293 e. The summed E-state index contributed by atoms with van der Waals surface area (Å²) in [5, 5.41) is 0. The molecule has 3 heterocycles. The van der Waals surface area contributed by atoms with Crippen LogP contribution in [0.5, 0.6) is 0 Å². The minimum Gasteiger partial charge on any atom is -0.293 e. The molecule has 4 aromatic rings. The van der Waals surface area contributed by atoms with Crippen molar-refractivity contribution in [1.82, 2.24) is 23.7 Å². The van der Waals surface area contributed by atoms with Crippen molar-refractivity contribution >= 4 is 21.2 Å². The first-order chi connectivity index (χ1) is 16.7. The van der Waals surface area contributed by atoms with E-state index < -0.39 is 10.0 Å². The topological polar surface area (TPSA) is 71.3 Å². The highest BCUT2D eigenvalue weighted by Gasteiger charge is 2.30. The highest BCUT2D eigenvalue weighted by molar-refractivity contribution is 7.89. The van der Waals surface area contributed by atoms with Gasteiger partial charge in [-0.1, -0.05) is 12.1 Å². The predicted molar refractivity (Wildman–Crippen MR) is 134 cm³/mol. The van der Waals surface area contributed by atoms with Gasteiger partial charge in [0.25, 0.3) is 0 Å². The summed E-state index contributed by atoms with van der Waals surface area (Å²) in [6, 6.07) is 13.8. The number of pyridine rings is 1. The number of nitrogens with zero attached hydrogens (tertiary/aromatic N) is 5. The molecule has 1 saturated heterocycles. The molecule has 182 valence electrons. The van der Waals surface area contributed by atoms with Gasteiger partial charge in [0.15, 0.2) is 5.65 Å². The molecule has 0 amide bonds. The number of benzene rings is 2. The van der Waals surface area contributed by atoms with Crippen LogP contribution >= 0.6 is 0 Å². The third-order valence-electron chi connectivity index (χ3n) is 6.66. The molecule has 0 atom stereocenters. The molecule has 1 aliphatic rings. The van der Waals surface area contributed by atoms with Crippen LogP contribution in [0, 0.1) is 26.6 Å². The van der Waals surface area contributed by atoms with Gasteiger partial charge in [0, 0.05) is 32.4 Å². The van der Waals surface area contributed by atoms with Crippen molar-refractivity contribution in [2.75, 3.05) is 26.2 Å². The average Bonchev–Trinajstić information content (AvgIpc) is 3.19. The van der Waals surface area contributed by atoms with E-state index in [1.165, 1.54) is 12.1 Å². The summed E-state index contributed by atoms with van der Waals surface area (Å²) in [6.07, 6.45) is 1.70. The molecule has 1 fully saturated rings. The van der Waals surface area contributed by atoms with Crippen LogP contribution in [0.15, 0.2) is 59.6 Å². The van der Waals surface area contributed by atoms with Crippen molar-refractivity contribution < 1.29 is 12.8 Å². The van der Waals surface area contributed by atoms with Gasteiger partial charge in [0.2, 0.25) is 10.0 Å². The fourth-order valence-electron chi connectivity index (χ4n) is 4.63. The molecule has 0 aliphatic carbocycles. The van der Waals surface area contributed by atoms with Crippen LogP contribution in [0.3, 0.4) is 0 Å². The SMILES string of the molecule is Cc1cc(C)c(S(=O)(=O)N2CCN(Cc3nc4cccnc4n3-c3cccc(F)c3)CC2)cc1C. The van der Waals surface area contributed by atoms with Crippen molar-refractivity contribution in [3.63, 3.8) is 0 Å². The molecule has 0 spiro atoms. The molecular formula is C26H28FN5O2S. The van der Waals surface area contributed by atoms with Crippen LogP contribution in [0.4, 0.5) is 4.39 Å². The Morgan fingerprint density at radius 1 is 0.914 bits per heavy atom. The third kappa shape index (κ3) is 4.47. The van der Waals surface area contributed by atoms with Gasteiger partial charge in [-0.05, 0) is 73.9 Å². The van der Waals surface area contributed by atoms with Gasteiger partial charge >= 0.3 is 0 Å². The minimum absolute atomic E-state index is 0.327. The fourth-order valence-corrected chi connectivity index (χ4v) is 6.34. The summed E-state index contributed by atoms with van der Waals surface area (Å²) in [6.45, 7) is 8.21. The van der Waals surface area contributed by atoms with Crippen molar-refractivity contribution in [1.29, 1.82) is 0 Å². The lowest BCUT2D eigenvalue weighted by molar-refractivity contribution is 0.177. The molecule has 2 aromatic carbocycles. The third-order valence-corrected chi connectivity index (χ3v) is 8.70. The Morgan fingerprint density at radius 2 is 1.66 bits per heavy atom. The van der Waals surface area contributed by atoms with E-state index in [4.69, 9.17) is 4.98 Å². The number of fused-ring (bicyclic) bond motifs is 1. The second kappa shape index (κ2) is 9.14. The lowest BCUT2D eigenvalue weighted by Crippen LogP contribution is -2.48. The second-order valence-electron chi connectivity index (χ2n) is 9.07. The molecule has 2 aromatic heterocycles. The van der Waals surface area contributed by atoms with Crippen molar-refractivity contribution in [2.45, 2.75) is 32.2 Å². The van der Waals surface area contributed by atoms with Gasteiger partial charge in [-0.3, -0.25) is 9.47 Å². The van der Waals surface area contributed by atoms with E-state index >= 15 is 0 Å². The molecular weight excluding hydrogens is 465 g/mol. The fraction of sp³-hybridized carbons (Fsp3) is 0.308. The van der Waals surface area contributed by atoms with Gasteiger partial charge in [-0.25, -0.2) is 22.8 Å². The van der Waals surface area contributed by atoms with Crippen LogP contribution in [0.25, 0.3) is 16.9 Å². The average molecular weight is 494 g/mol. The number of imidazole rings is 1. The van der Waals surface area contributed by atoms with E-state index in [0.29, 0.717) is 49.0 Å². The first-order valence-corrected chi connectivity index (χ1v) is 13.1. The monoisotopic (exact) mass is 493 g/mol. The number of sulfonamides is 1. The number of rotatable bonds is 5. The van der Waals surface area contributed by atoms with Crippen LogP contribution < -0.4 is 0 Å². The maximum atomic E-state index is 14.0. The van der Waals surface area contributed by atoms with Crippen molar-refractivity contribution in [3.8, 4) is 5.69 Å². The van der Waals surface area contributed by atoms with Gasteiger partial charge in [0.05, 0.1) is 17.1 Å². The predicted octanol–water partition coefficient (Wildman–Crippen LogP) is 3.99. The Labute approximate surface area is 204 Å². The summed E-state index contributed by atoms with van der Waals surface area (Å²) in [5.74, 6) is 0.414. The Kier molecular flexibility index (Phi) is 6.16. The smallest absolute Gasteiger partial charge is 0.243 e. The van der Waals surface area contributed by atoms with E-state index in [-0.39, 0.29) is 5.82 Å². The van der Waals surface area contributed by atoms with Crippen LogP contribution in [-0.2, 0) is 16.6 Å². The van der Waals surface area contributed by atoms with E-state index in [9.17, 15) is 12.8 Å². The zero-order chi connectivity index (χ0) is 24.7. The van der Waals surface area contributed by atoms with Crippen LogP contribution in [-0.4, -0.2) is 58.3 Å². The zero-order valence-corrected chi connectivity index (χ0v) is 20.9. The molecule has 35 heavy (non-hydrogen) atoms. The second-order valence-corrected chi connectivity index (χ2v) is 11.0. The van der Waals surface area contributed by atoms with Gasteiger partial charge in [0.1, 0.15) is 17.2 Å². The number of halogens is 1. The lowest BCUT2D eigenvalue weighted by Gasteiger charge is -2.34. The number of hydrogen-bond acceptors (Lipinski definition) is 5. The minimum atomic E-state index is -3.57. The standard InChI is InChI=1S/C26H28FN5O2S/c1-18-14-20(3)24(15-19(18)2)35(33,34)31-12-10-30(11-13-31)17-25-29-23-8-5-9-28-26(23)32(25)22-7-4-6-21(27)16-22/h4-9,14-16H,10-13,17H2,1-3H3. The molecule has 0 radical (unpaired) electrons. The molecule has 0 N–H and O–H groups in total. The highest BCUT2D eigenvalue weighted by Crippen LogP contribution is 2.26. The number of aromatic nitrogens is 3. The van der Waals surface area contributed by atoms with Gasteiger partial charge < -0.3 is 0 Å². The summed E-state index contributed by atoms with van der Waals surface area (Å²) in [4.78, 5) is 11.8. The first-order valence-electron chi connectivity index (χ1n) is 11.6. The summed E-state index contributed by atoms with van der Waals surface area (Å²) < 4.78 is 44.2. The molecule has 0 unspecified atom stereocenters. The normalized spacial score (nSPS) is 15.7. The van der Waals surface area contributed by atoms with E-state index in [2.05, 4.69) is 9.88 Å². The molecule has 9 heteroatoms. The Balaban J connectivity index is 1.38. The quantitative estimate of drug-likeness (QED) is 0.420. The maximum absolute atomic E-state index is 14.0. The Morgan fingerprint density at radius 3 is 2.40 bits per heavy atom. The summed E-state index contributed by atoms with van der Waals surface area (Å²) in [5.41, 5.74) is 4.89. The molecule has 1 aliphatic heterocycles. The van der Waals surface area contributed by atoms with Gasteiger partial charge in [-0.15, -0.1) is 0 Å². The van der Waals surface area contributed by atoms with E-state index in [1.54, 1.807) is 22.6 Å². The maximum Gasteiger partial charge on any atom is 0.243 e. The summed E-state index contributed by atoms with van der Waals surface area (Å²) in [7, 11) is -3.57. The lowest BCUT2D eigenvalue weighted by atomic mass is 10.1. The number of hydrogen-bond donors (Lipinski definition) is 0. The van der Waals surface area contributed by atoms with Crippen LogP contribution in [0.1, 0.15) is 22.5 Å². The Bertz CT molecular complexity index is 1510. The molecule has 7 nitrogen and oxygen atoms in total. The van der Waals surface area contributed by atoms with E-state index in [1.807, 2.05) is 49.6 Å². The number of aryl methyl sites for hydroxylation is 3. The number of piperazine rings is 1. The molecule has 0 bridgehead atoms. The zero-order valence-electron chi connectivity index (χ0n) is 20.1. The molecule has 5 rings (SSSR count). The Hall–Kier alpha value is -3.14. The van der Waals surface area contributed by atoms with Gasteiger partial charge in [-0.2, -0.15) is 4.31 Å². The molecule has 0 saturated carbocycles.